The summed E-state index contributed by atoms with van der Waals surface area (Å²) in [6.45, 7) is 3.81. The van der Waals surface area contributed by atoms with Crippen molar-refractivity contribution in [3.05, 3.63) is 34.6 Å². The molecular weight excluding hydrogens is 238 g/mol. The Bertz CT molecular complexity index is 566. The van der Waals surface area contributed by atoms with Crippen LogP contribution in [0.3, 0.4) is 0 Å². The van der Waals surface area contributed by atoms with Crippen LogP contribution in [0.5, 0.6) is 0 Å². The lowest BCUT2D eigenvalue weighted by Crippen LogP contribution is -1.99. The van der Waals surface area contributed by atoms with Gasteiger partial charge in [0.2, 0.25) is 0 Å². The number of anilines is 2. The molecule has 0 aliphatic rings. The van der Waals surface area contributed by atoms with E-state index in [0.717, 1.165) is 17.1 Å². The quantitative estimate of drug-likeness (QED) is 0.874. The van der Waals surface area contributed by atoms with E-state index >= 15 is 0 Å². The first-order valence-electron chi connectivity index (χ1n) is 4.96. The van der Waals surface area contributed by atoms with Crippen molar-refractivity contribution in [2.24, 2.45) is 0 Å². The van der Waals surface area contributed by atoms with E-state index in [2.05, 4.69) is 15.3 Å². The Labute approximate surface area is 102 Å². The third kappa shape index (κ3) is 2.59. The summed E-state index contributed by atoms with van der Waals surface area (Å²) in [6.07, 6.45) is 0. The van der Waals surface area contributed by atoms with Crippen LogP contribution >= 0.6 is 11.3 Å². The van der Waals surface area contributed by atoms with E-state index in [1.54, 1.807) is 0 Å². The molecule has 2 aromatic heterocycles. The SMILES string of the molecule is Cc1ccc(Nc2nc(C(=O)O)cs2)c(C)n1. The van der Waals surface area contributed by atoms with Gasteiger partial charge in [0.05, 0.1) is 11.4 Å². The van der Waals surface area contributed by atoms with E-state index < -0.39 is 5.97 Å². The van der Waals surface area contributed by atoms with Gasteiger partial charge in [-0.25, -0.2) is 9.78 Å². The lowest BCUT2D eigenvalue weighted by molar-refractivity contribution is 0.0691. The van der Waals surface area contributed by atoms with Crippen LogP contribution in [0.2, 0.25) is 0 Å². The number of carboxylic acid groups (broad SMARTS) is 1. The summed E-state index contributed by atoms with van der Waals surface area (Å²) in [5.74, 6) is -1.02. The Morgan fingerprint density at radius 3 is 2.71 bits per heavy atom. The third-order valence-electron chi connectivity index (χ3n) is 2.19. The van der Waals surface area contributed by atoms with Crippen molar-refractivity contribution < 1.29 is 9.90 Å². The molecule has 0 saturated heterocycles. The molecule has 0 aliphatic heterocycles. The predicted octanol–water partition coefficient (Wildman–Crippen LogP) is 2.60. The Balaban J connectivity index is 2.22. The number of nitrogens with one attached hydrogen (secondary N) is 1. The number of rotatable bonds is 3. The average molecular weight is 249 g/mol. The number of pyridine rings is 1. The average Bonchev–Trinajstić information content (AvgIpc) is 2.71. The van der Waals surface area contributed by atoms with Gasteiger partial charge >= 0.3 is 5.97 Å². The number of hydrogen-bond donors (Lipinski definition) is 2. The van der Waals surface area contributed by atoms with Crippen LogP contribution in [0.15, 0.2) is 17.5 Å². The maximum absolute atomic E-state index is 10.7. The molecule has 0 fully saturated rings. The van der Waals surface area contributed by atoms with Gasteiger partial charge in [-0.3, -0.25) is 4.98 Å². The normalized spacial score (nSPS) is 10.2. The number of thiazole rings is 1. The van der Waals surface area contributed by atoms with Gasteiger partial charge in [0, 0.05) is 11.1 Å². The van der Waals surface area contributed by atoms with Crippen molar-refractivity contribution >= 4 is 28.1 Å². The van der Waals surface area contributed by atoms with Crippen molar-refractivity contribution in [3.8, 4) is 0 Å². The van der Waals surface area contributed by atoms with Crippen LogP contribution in [0.25, 0.3) is 0 Å². The monoisotopic (exact) mass is 249 g/mol. The van der Waals surface area contributed by atoms with Crippen molar-refractivity contribution in [2.75, 3.05) is 5.32 Å². The summed E-state index contributed by atoms with van der Waals surface area (Å²) < 4.78 is 0. The highest BCUT2D eigenvalue weighted by Crippen LogP contribution is 2.22. The van der Waals surface area contributed by atoms with Gasteiger partial charge in [-0.05, 0) is 26.0 Å². The Kier molecular flexibility index (Phi) is 3.06. The summed E-state index contributed by atoms with van der Waals surface area (Å²) in [5, 5.41) is 13.9. The van der Waals surface area contributed by atoms with E-state index in [1.165, 1.54) is 16.7 Å². The molecule has 0 aliphatic carbocycles. The second-order valence-electron chi connectivity index (χ2n) is 3.55. The molecule has 6 heteroatoms. The lowest BCUT2D eigenvalue weighted by Gasteiger charge is -2.06. The van der Waals surface area contributed by atoms with Crippen molar-refractivity contribution in [1.29, 1.82) is 0 Å². The summed E-state index contributed by atoms with van der Waals surface area (Å²) >= 11 is 1.25. The molecule has 88 valence electrons. The fourth-order valence-electron chi connectivity index (χ4n) is 1.36. The van der Waals surface area contributed by atoms with E-state index in [1.807, 2.05) is 26.0 Å². The predicted molar refractivity (Wildman–Crippen MR) is 66.1 cm³/mol. The molecule has 0 saturated carbocycles. The van der Waals surface area contributed by atoms with Gasteiger partial charge in [-0.1, -0.05) is 0 Å². The number of aryl methyl sites for hydroxylation is 2. The minimum Gasteiger partial charge on any atom is -0.476 e. The third-order valence-corrected chi connectivity index (χ3v) is 2.95. The van der Waals surface area contributed by atoms with Gasteiger partial charge in [0.25, 0.3) is 0 Å². The number of aromatic nitrogens is 2. The summed E-state index contributed by atoms with van der Waals surface area (Å²) in [4.78, 5) is 18.9. The van der Waals surface area contributed by atoms with Crippen molar-refractivity contribution in [3.63, 3.8) is 0 Å². The maximum atomic E-state index is 10.7. The fraction of sp³-hybridized carbons (Fsp3) is 0.182. The number of carboxylic acids is 1. The molecule has 0 aromatic carbocycles. The molecule has 0 atom stereocenters. The van der Waals surface area contributed by atoms with E-state index in [4.69, 9.17) is 5.11 Å². The zero-order valence-corrected chi connectivity index (χ0v) is 10.2. The zero-order valence-electron chi connectivity index (χ0n) is 9.39. The molecule has 0 amide bonds. The highest BCUT2D eigenvalue weighted by molar-refractivity contribution is 7.14. The number of nitrogens with zero attached hydrogens (tertiary/aromatic N) is 2. The van der Waals surface area contributed by atoms with Crippen LogP contribution < -0.4 is 5.32 Å². The molecule has 2 heterocycles. The number of carbonyl (C=O) groups is 1. The molecule has 0 bridgehead atoms. The van der Waals surface area contributed by atoms with Crippen LogP contribution in [0.4, 0.5) is 10.8 Å². The second-order valence-corrected chi connectivity index (χ2v) is 4.41. The zero-order chi connectivity index (χ0) is 12.4. The Hall–Kier alpha value is -1.95. The molecule has 0 unspecified atom stereocenters. The summed E-state index contributed by atoms with van der Waals surface area (Å²) in [5.41, 5.74) is 2.69. The molecule has 17 heavy (non-hydrogen) atoms. The van der Waals surface area contributed by atoms with Crippen LogP contribution in [-0.4, -0.2) is 21.0 Å². The lowest BCUT2D eigenvalue weighted by atomic mass is 10.3. The van der Waals surface area contributed by atoms with E-state index in [-0.39, 0.29) is 5.69 Å². The van der Waals surface area contributed by atoms with Crippen molar-refractivity contribution in [2.45, 2.75) is 13.8 Å². The molecule has 2 rings (SSSR count). The molecule has 5 nitrogen and oxygen atoms in total. The smallest absolute Gasteiger partial charge is 0.355 e. The molecular formula is C11H11N3O2S. The van der Waals surface area contributed by atoms with Gasteiger partial charge in [0.1, 0.15) is 0 Å². The first-order chi connectivity index (χ1) is 8.06. The van der Waals surface area contributed by atoms with Gasteiger partial charge in [0.15, 0.2) is 10.8 Å². The highest BCUT2D eigenvalue weighted by atomic mass is 32.1. The minimum atomic E-state index is -1.02. The van der Waals surface area contributed by atoms with Crippen molar-refractivity contribution in [1.82, 2.24) is 9.97 Å². The molecule has 2 N–H and O–H groups in total. The summed E-state index contributed by atoms with van der Waals surface area (Å²) in [6, 6.07) is 3.79. The highest BCUT2D eigenvalue weighted by Gasteiger charge is 2.09. The van der Waals surface area contributed by atoms with Gasteiger partial charge in [-0.15, -0.1) is 11.3 Å². The second kappa shape index (κ2) is 4.50. The number of aromatic carboxylic acids is 1. The first-order valence-corrected chi connectivity index (χ1v) is 5.84. The fourth-order valence-corrected chi connectivity index (χ4v) is 2.06. The van der Waals surface area contributed by atoms with E-state index in [0.29, 0.717) is 5.13 Å². The largest absolute Gasteiger partial charge is 0.476 e. The number of hydrogen-bond acceptors (Lipinski definition) is 5. The standard InChI is InChI=1S/C11H11N3O2S/c1-6-3-4-8(7(2)12-6)13-11-14-9(5-17-11)10(15)16/h3-5H,1-2H3,(H,13,14)(H,15,16). The van der Waals surface area contributed by atoms with Gasteiger partial charge < -0.3 is 10.4 Å². The molecule has 0 spiro atoms. The van der Waals surface area contributed by atoms with Crippen LogP contribution in [-0.2, 0) is 0 Å². The van der Waals surface area contributed by atoms with Gasteiger partial charge in [-0.2, -0.15) is 0 Å². The van der Waals surface area contributed by atoms with Crippen LogP contribution in [0.1, 0.15) is 21.9 Å². The first kappa shape index (κ1) is 11.5. The van der Waals surface area contributed by atoms with E-state index in [9.17, 15) is 4.79 Å². The Morgan fingerprint density at radius 1 is 1.35 bits per heavy atom. The maximum Gasteiger partial charge on any atom is 0.355 e. The van der Waals surface area contributed by atoms with Crippen LogP contribution in [0, 0.1) is 13.8 Å². The molecule has 2 aromatic rings. The summed E-state index contributed by atoms with van der Waals surface area (Å²) in [7, 11) is 0. The molecule has 0 radical (unpaired) electrons. The Morgan fingerprint density at radius 2 is 2.12 bits per heavy atom. The minimum absolute atomic E-state index is 0.0511. The topological polar surface area (TPSA) is 75.1 Å².